The number of H-pyrrole nitrogens is 1. The molecule has 0 unspecified atom stereocenters. The van der Waals surface area contributed by atoms with Gasteiger partial charge in [0, 0.05) is 19.6 Å². The minimum Gasteiger partial charge on any atom is -0.461 e. The van der Waals surface area contributed by atoms with Crippen LogP contribution in [0.1, 0.15) is 85.9 Å². The molecule has 11 heteroatoms. The van der Waals surface area contributed by atoms with E-state index >= 15 is 0 Å². The first-order valence-electron chi connectivity index (χ1n) is 12.5. The zero-order valence-electron chi connectivity index (χ0n) is 21.0. The number of hydrogen-bond donors (Lipinski definition) is 2. The lowest BCUT2D eigenvalue weighted by atomic mass is 10.0. The molecule has 0 aliphatic carbocycles. The van der Waals surface area contributed by atoms with Crippen molar-refractivity contribution in [1.29, 1.82) is 0 Å². The molecule has 3 heterocycles. The Morgan fingerprint density at radius 1 is 1.17 bits per heavy atom. The third-order valence-corrected chi connectivity index (χ3v) is 6.22. The zero-order chi connectivity index (χ0) is 25.4. The predicted octanol–water partition coefficient (Wildman–Crippen LogP) is 3.94. The van der Waals surface area contributed by atoms with Crippen molar-refractivity contribution >= 4 is 29.5 Å². The number of aryl methyl sites for hydroxylation is 2. The molecule has 194 valence electrons. The largest absolute Gasteiger partial charge is 0.461 e. The Bertz CT molecular complexity index is 991. The summed E-state index contributed by atoms with van der Waals surface area (Å²) in [4.78, 5) is 38.9. The number of ether oxygens (including phenoxy) is 2. The van der Waals surface area contributed by atoms with Gasteiger partial charge in [-0.1, -0.05) is 45.7 Å². The van der Waals surface area contributed by atoms with Crippen molar-refractivity contribution in [2.75, 3.05) is 31.2 Å². The third kappa shape index (κ3) is 6.76. The van der Waals surface area contributed by atoms with Crippen LogP contribution in [0, 0.1) is 0 Å². The molecule has 1 aliphatic rings. The van der Waals surface area contributed by atoms with Crippen molar-refractivity contribution in [3.8, 4) is 0 Å². The molecule has 1 aliphatic heterocycles. The highest BCUT2D eigenvalue weighted by Gasteiger charge is 2.34. The van der Waals surface area contributed by atoms with Gasteiger partial charge in [-0.3, -0.25) is 4.79 Å². The van der Waals surface area contributed by atoms with Crippen molar-refractivity contribution in [2.45, 2.75) is 78.4 Å². The monoisotopic (exact) mass is 509 g/mol. The first kappa shape index (κ1) is 27.0. The van der Waals surface area contributed by atoms with E-state index in [0.717, 1.165) is 25.0 Å². The number of aromatic nitrogens is 3. The van der Waals surface area contributed by atoms with Crippen molar-refractivity contribution in [3.05, 3.63) is 28.1 Å². The molecule has 10 nitrogen and oxygen atoms in total. The van der Waals surface area contributed by atoms with Crippen LogP contribution in [0.5, 0.6) is 0 Å². The number of carbonyl (C=O) groups is 2. The number of hydrogen-bond acceptors (Lipinski definition) is 8. The minimum atomic E-state index is -0.463. The Labute approximate surface area is 211 Å². The highest BCUT2D eigenvalue weighted by molar-refractivity contribution is 6.30. The quantitative estimate of drug-likeness (QED) is 0.326. The summed E-state index contributed by atoms with van der Waals surface area (Å²) in [5.41, 5.74) is 0.951. The number of imidazole rings is 1. The Morgan fingerprint density at radius 3 is 2.63 bits per heavy atom. The number of rotatable bonds is 12. The molecule has 0 radical (unpaired) electrons. The fraction of sp³-hybridized carbons (Fsp3) is 0.667. The molecule has 0 spiro atoms. The second-order valence-electron chi connectivity index (χ2n) is 8.54. The number of esters is 1. The zero-order valence-corrected chi connectivity index (χ0v) is 21.7. The maximum Gasteiger partial charge on any atom is 0.360 e. The molecule has 0 aromatic carbocycles. The van der Waals surface area contributed by atoms with Gasteiger partial charge in [-0.05, 0) is 25.7 Å². The average molecular weight is 510 g/mol. The highest BCUT2D eigenvalue weighted by atomic mass is 35.5. The van der Waals surface area contributed by atoms with E-state index in [9.17, 15) is 9.59 Å². The standard InChI is InChI=1S/C24H36ClN5O5/c1-5-9-13-34-23(32)19-17(8-4)35-24(28-19)30-11-10-16(18(14-30)33-12-6-2)27-22(31)21-26-15(7-3)20(25)29-21/h16,18H,5-14H2,1-4H3,(H,26,29)(H,27,31)/t16-,18+/m1/s1. The van der Waals surface area contributed by atoms with Crippen LogP contribution < -0.4 is 10.2 Å². The Kier molecular flexibility index (Phi) is 9.97. The molecule has 0 saturated carbocycles. The van der Waals surface area contributed by atoms with E-state index in [2.05, 4.69) is 20.3 Å². The van der Waals surface area contributed by atoms with Crippen LogP contribution in [-0.2, 0) is 22.3 Å². The lowest BCUT2D eigenvalue weighted by molar-refractivity contribution is 0.0195. The van der Waals surface area contributed by atoms with Gasteiger partial charge in [0.15, 0.2) is 16.7 Å². The molecule has 2 N–H and O–H groups in total. The van der Waals surface area contributed by atoms with Gasteiger partial charge in [-0.25, -0.2) is 9.78 Å². The number of nitrogens with one attached hydrogen (secondary N) is 2. The van der Waals surface area contributed by atoms with Crippen molar-refractivity contribution in [2.24, 2.45) is 0 Å². The van der Waals surface area contributed by atoms with E-state index in [1.165, 1.54) is 0 Å². The summed E-state index contributed by atoms with van der Waals surface area (Å²) in [6.07, 6.45) is 4.09. The van der Waals surface area contributed by atoms with Crippen LogP contribution >= 0.6 is 11.6 Å². The Morgan fingerprint density at radius 2 is 1.97 bits per heavy atom. The Balaban J connectivity index is 1.71. The van der Waals surface area contributed by atoms with Crippen LogP contribution in [0.2, 0.25) is 5.15 Å². The predicted molar refractivity (Wildman–Crippen MR) is 132 cm³/mol. The van der Waals surface area contributed by atoms with Gasteiger partial charge in [0.2, 0.25) is 0 Å². The molecule has 3 rings (SSSR count). The van der Waals surface area contributed by atoms with Gasteiger partial charge in [0.25, 0.3) is 11.9 Å². The second kappa shape index (κ2) is 12.9. The number of piperidine rings is 1. The van der Waals surface area contributed by atoms with Crippen LogP contribution in [0.4, 0.5) is 6.01 Å². The van der Waals surface area contributed by atoms with Gasteiger partial charge < -0.3 is 29.1 Å². The van der Waals surface area contributed by atoms with Crippen molar-refractivity contribution in [1.82, 2.24) is 20.3 Å². The average Bonchev–Trinajstić information content (AvgIpc) is 3.47. The fourth-order valence-electron chi connectivity index (χ4n) is 3.91. The molecule has 1 amide bonds. The van der Waals surface area contributed by atoms with E-state index in [1.54, 1.807) is 0 Å². The van der Waals surface area contributed by atoms with E-state index in [0.29, 0.717) is 62.5 Å². The number of carbonyl (C=O) groups excluding carboxylic acids is 2. The first-order chi connectivity index (χ1) is 16.9. The molecule has 2 aromatic rings. The number of oxazole rings is 1. The summed E-state index contributed by atoms with van der Waals surface area (Å²) in [6, 6.07) is 0.142. The summed E-state index contributed by atoms with van der Waals surface area (Å²) < 4.78 is 17.4. The molecule has 2 atom stereocenters. The van der Waals surface area contributed by atoms with Crippen LogP contribution in [0.3, 0.4) is 0 Å². The number of nitrogens with zero attached hydrogens (tertiary/aromatic N) is 3. The van der Waals surface area contributed by atoms with Crippen LogP contribution in [-0.4, -0.2) is 65.3 Å². The second-order valence-corrected chi connectivity index (χ2v) is 8.90. The molecular weight excluding hydrogens is 474 g/mol. The summed E-state index contributed by atoms with van der Waals surface area (Å²) in [6.45, 7) is 9.86. The number of halogens is 1. The summed E-state index contributed by atoms with van der Waals surface area (Å²) in [7, 11) is 0. The molecular formula is C24H36ClN5O5. The maximum atomic E-state index is 12.8. The normalized spacial score (nSPS) is 18.0. The molecule has 0 bridgehead atoms. The molecule has 2 aromatic heterocycles. The van der Waals surface area contributed by atoms with Gasteiger partial charge in [-0.15, -0.1) is 0 Å². The maximum absolute atomic E-state index is 12.8. The first-order valence-corrected chi connectivity index (χ1v) is 12.9. The fourth-order valence-corrected chi connectivity index (χ4v) is 4.18. The van der Waals surface area contributed by atoms with Gasteiger partial charge in [-0.2, -0.15) is 4.98 Å². The van der Waals surface area contributed by atoms with E-state index < -0.39 is 5.97 Å². The minimum absolute atomic E-state index is 0.190. The topological polar surface area (TPSA) is 123 Å². The van der Waals surface area contributed by atoms with Gasteiger partial charge in [0.1, 0.15) is 5.76 Å². The molecule has 1 saturated heterocycles. The van der Waals surface area contributed by atoms with Crippen LogP contribution in [0.25, 0.3) is 0 Å². The number of anilines is 1. The van der Waals surface area contributed by atoms with Crippen molar-refractivity contribution in [3.63, 3.8) is 0 Å². The lowest BCUT2D eigenvalue weighted by Gasteiger charge is -2.37. The van der Waals surface area contributed by atoms with Gasteiger partial charge in [0.05, 0.1) is 31.0 Å². The summed E-state index contributed by atoms with van der Waals surface area (Å²) in [5.74, 6) is -0.0918. The summed E-state index contributed by atoms with van der Waals surface area (Å²) in [5, 5.41) is 3.35. The van der Waals surface area contributed by atoms with E-state index in [-0.39, 0.29) is 29.6 Å². The Hall–Kier alpha value is -2.59. The SMILES string of the molecule is CCCCOC(=O)c1nc(N2CC[C@@H](NC(=O)c3nc(Cl)c(CC)[nH]3)[C@@H](OCCC)C2)oc1CC. The molecule has 1 fully saturated rings. The van der Waals surface area contributed by atoms with E-state index in [1.807, 2.05) is 32.6 Å². The number of aromatic amines is 1. The molecule has 35 heavy (non-hydrogen) atoms. The van der Waals surface area contributed by atoms with Crippen LogP contribution in [0.15, 0.2) is 4.42 Å². The highest BCUT2D eigenvalue weighted by Crippen LogP contribution is 2.25. The van der Waals surface area contributed by atoms with Crippen molar-refractivity contribution < 1.29 is 23.5 Å². The number of unbranched alkanes of at least 4 members (excludes halogenated alkanes) is 1. The smallest absolute Gasteiger partial charge is 0.360 e. The van der Waals surface area contributed by atoms with Gasteiger partial charge >= 0.3 is 5.97 Å². The van der Waals surface area contributed by atoms with E-state index in [4.69, 9.17) is 25.5 Å². The number of amides is 1. The lowest BCUT2D eigenvalue weighted by Crippen LogP contribution is -2.55. The summed E-state index contributed by atoms with van der Waals surface area (Å²) >= 11 is 6.10. The third-order valence-electron chi connectivity index (χ3n) is 5.91.